The average molecular weight is 180 g/mol. The Hall–Kier alpha value is -1.02. The zero-order valence-electron chi connectivity index (χ0n) is 8.64. The van der Waals surface area contributed by atoms with Gasteiger partial charge in [-0.05, 0) is 49.9 Å². The number of rotatable bonds is 2. The second-order valence-electron chi connectivity index (χ2n) is 3.36. The summed E-state index contributed by atoms with van der Waals surface area (Å²) in [6, 6.07) is 2.13. The highest BCUT2D eigenvalue weighted by molar-refractivity contribution is 5.48. The normalized spacial score (nSPS) is 10.2. The van der Waals surface area contributed by atoms with Crippen LogP contribution in [0.2, 0.25) is 0 Å². The molecule has 0 saturated heterocycles. The van der Waals surface area contributed by atoms with Crippen LogP contribution in [0.15, 0.2) is 6.07 Å². The van der Waals surface area contributed by atoms with E-state index in [0.717, 1.165) is 16.9 Å². The summed E-state index contributed by atoms with van der Waals surface area (Å²) in [5.74, 6) is 0.819. The minimum absolute atomic E-state index is 0.259. The second kappa shape index (κ2) is 3.79. The Balaban J connectivity index is 3.28. The Morgan fingerprint density at radius 3 is 1.92 bits per heavy atom. The van der Waals surface area contributed by atoms with Gasteiger partial charge >= 0.3 is 0 Å². The van der Waals surface area contributed by atoms with E-state index in [4.69, 9.17) is 9.84 Å². The predicted molar refractivity (Wildman–Crippen MR) is 53.1 cm³/mol. The second-order valence-corrected chi connectivity index (χ2v) is 3.36. The van der Waals surface area contributed by atoms with E-state index in [9.17, 15) is 0 Å². The molecule has 13 heavy (non-hydrogen) atoms. The highest BCUT2D eigenvalue weighted by Crippen LogP contribution is 2.28. The molecule has 0 aliphatic rings. The van der Waals surface area contributed by atoms with Gasteiger partial charge in [0.2, 0.25) is 0 Å². The summed E-state index contributed by atoms with van der Waals surface area (Å²) < 4.78 is 5.18. The van der Waals surface area contributed by atoms with Gasteiger partial charge in [-0.1, -0.05) is 6.07 Å². The van der Waals surface area contributed by atoms with Crippen LogP contribution in [0.25, 0.3) is 0 Å². The van der Waals surface area contributed by atoms with E-state index in [1.807, 2.05) is 27.7 Å². The number of hydrogen-bond acceptors (Lipinski definition) is 2. The van der Waals surface area contributed by atoms with E-state index in [0.29, 0.717) is 0 Å². The summed E-state index contributed by atoms with van der Waals surface area (Å²) in [4.78, 5) is 0. The van der Waals surface area contributed by atoms with Crippen LogP contribution in [0.4, 0.5) is 0 Å². The molecule has 0 heterocycles. The lowest BCUT2D eigenvalue weighted by atomic mass is 10.0. The number of benzene rings is 1. The van der Waals surface area contributed by atoms with E-state index in [1.54, 1.807) is 0 Å². The molecule has 1 aromatic carbocycles. The van der Waals surface area contributed by atoms with Crippen molar-refractivity contribution < 1.29 is 9.84 Å². The molecule has 0 radical (unpaired) electrons. The average Bonchev–Trinajstić information content (AvgIpc) is 2.09. The fourth-order valence-electron chi connectivity index (χ4n) is 1.46. The lowest BCUT2D eigenvalue weighted by Gasteiger charge is -2.14. The molecule has 2 nitrogen and oxygen atoms in total. The van der Waals surface area contributed by atoms with Crippen molar-refractivity contribution in [3.05, 3.63) is 28.3 Å². The van der Waals surface area contributed by atoms with Crippen LogP contribution in [-0.2, 0) is 0 Å². The van der Waals surface area contributed by atoms with Crippen molar-refractivity contribution in [2.75, 3.05) is 6.79 Å². The molecule has 0 aliphatic heterocycles. The van der Waals surface area contributed by atoms with Gasteiger partial charge in [-0.25, -0.2) is 0 Å². The number of ether oxygens (including phenoxy) is 1. The van der Waals surface area contributed by atoms with Gasteiger partial charge in [-0.15, -0.1) is 0 Å². The molecule has 72 valence electrons. The molecule has 0 aliphatic carbocycles. The molecule has 2 heteroatoms. The van der Waals surface area contributed by atoms with Crippen molar-refractivity contribution in [3.63, 3.8) is 0 Å². The van der Waals surface area contributed by atoms with E-state index < -0.39 is 0 Å². The first-order valence-corrected chi connectivity index (χ1v) is 4.39. The van der Waals surface area contributed by atoms with Gasteiger partial charge in [-0.3, -0.25) is 0 Å². The SMILES string of the molecule is Cc1cc(C)c(C)c(OCO)c1C. The Morgan fingerprint density at radius 1 is 1.08 bits per heavy atom. The van der Waals surface area contributed by atoms with E-state index in [-0.39, 0.29) is 6.79 Å². The zero-order valence-corrected chi connectivity index (χ0v) is 8.64. The molecule has 1 aromatic rings. The van der Waals surface area contributed by atoms with Crippen molar-refractivity contribution in [3.8, 4) is 5.75 Å². The van der Waals surface area contributed by atoms with E-state index in [1.165, 1.54) is 11.1 Å². The van der Waals surface area contributed by atoms with Crippen molar-refractivity contribution in [1.29, 1.82) is 0 Å². The molecule has 0 atom stereocenters. The maximum atomic E-state index is 8.73. The zero-order chi connectivity index (χ0) is 10.0. The van der Waals surface area contributed by atoms with Gasteiger partial charge in [0.05, 0.1) is 0 Å². The van der Waals surface area contributed by atoms with Crippen LogP contribution in [0.1, 0.15) is 22.3 Å². The van der Waals surface area contributed by atoms with E-state index in [2.05, 4.69) is 6.07 Å². The maximum Gasteiger partial charge on any atom is 0.186 e. The van der Waals surface area contributed by atoms with Crippen molar-refractivity contribution in [2.24, 2.45) is 0 Å². The van der Waals surface area contributed by atoms with Crippen LogP contribution < -0.4 is 4.74 Å². The van der Waals surface area contributed by atoms with Crippen LogP contribution in [0, 0.1) is 27.7 Å². The van der Waals surface area contributed by atoms with Crippen molar-refractivity contribution in [2.45, 2.75) is 27.7 Å². The van der Waals surface area contributed by atoms with Gasteiger partial charge in [0.15, 0.2) is 6.79 Å². The Labute approximate surface area is 79.2 Å². The summed E-state index contributed by atoms with van der Waals surface area (Å²) >= 11 is 0. The molecule has 0 amide bonds. The van der Waals surface area contributed by atoms with Crippen molar-refractivity contribution >= 4 is 0 Å². The molecule has 0 fully saturated rings. The highest BCUT2D eigenvalue weighted by atomic mass is 16.6. The molecule has 0 saturated carbocycles. The Kier molecular flexibility index (Phi) is 2.94. The first-order valence-electron chi connectivity index (χ1n) is 4.39. The molecule has 0 aromatic heterocycles. The van der Waals surface area contributed by atoms with Gasteiger partial charge in [-0.2, -0.15) is 0 Å². The van der Waals surface area contributed by atoms with E-state index >= 15 is 0 Å². The first-order chi connectivity index (χ1) is 6.07. The summed E-state index contributed by atoms with van der Waals surface area (Å²) in [7, 11) is 0. The topological polar surface area (TPSA) is 29.5 Å². The third-order valence-corrected chi connectivity index (χ3v) is 2.51. The summed E-state index contributed by atoms with van der Waals surface area (Å²) in [6.07, 6.45) is 0. The molecular formula is C11H16O2. The highest BCUT2D eigenvalue weighted by Gasteiger charge is 2.08. The third-order valence-electron chi connectivity index (χ3n) is 2.51. The largest absolute Gasteiger partial charge is 0.467 e. The fraction of sp³-hybridized carbons (Fsp3) is 0.455. The van der Waals surface area contributed by atoms with Crippen LogP contribution >= 0.6 is 0 Å². The molecule has 1 N–H and O–H groups in total. The van der Waals surface area contributed by atoms with Crippen molar-refractivity contribution in [1.82, 2.24) is 0 Å². The molecule has 0 bridgehead atoms. The minimum Gasteiger partial charge on any atom is -0.467 e. The first kappa shape index (κ1) is 10.1. The Morgan fingerprint density at radius 2 is 1.54 bits per heavy atom. The number of hydrogen-bond donors (Lipinski definition) is 1. The van der Waals surface area contributed by atoms with Gasteiger partial charge in [0, 0.05) is 0 Å². The molecule has 0 spiro atoms. The van der Waals surface area contributed by atoms with Gasteiger partial charge in [0.25, 0.3) is 0 Å². The predicted octanol–water partition coefficient (Wildman–Crippen LogP) is 2.25. The number of aliphatic hydroxyl groups excluding tert-OH is 1. The van der Waals surface area contributed by atoms with Crippen LogP contribution in [-0.4, -0.2) is 11.9 Å². The van der Waals surface area contributed by atoms with Gasteiger partial charge < -0.3 is 9.84 Å². The lowest BCUT2D eigenvalue weighted by molar-refractivity contribution is 0.0970. The number of aryl methyl sites for hydroxylation is 2. The fourth-order valence-corrected chi connectivity index (χ4v) is 1.46. The standard InChI is InChI=1S/C11H16O2/c1-7-5-8(2)10(4)11(9(7)3)13-6-12/h5,12H,6H2,1-4H3. The maximum absolute atomic E-state index is 8.73. The Bertz CT molecular complexity index is 290. The van der Waals surface area contributed by atoms with Crippen LogP contribution in [0.3, 0.4) is 0 Å². The summed E-state index contributed by atoms with van der Waals surface area (Å²) in [5, 5.41) is 8.73. The minimum atomic E-state index is -0.259. The molecular weight excluding hydrogens is 164 g/mol. The summed E-state index contributed by atoms with van der Waals surface area (Å²) in [5.41, 5.74) is 4.62. The smallest absolute Gasteiger partial charge is 0.186 e. The monoisotopic (exact) mass is 180 g/mol. The molecule has 0 unspecified atom stereocenters. The third kappa shape index (κ3) is 1.83. The summed E-state index contributed by atoms with van der Waals surface area (Å²) in [6.45, 7) is 7.85. The quantitative estimate of drug-likeness (QED) is 0.707. The van der Waals surface area contributed by atoms with Gasteiger partial charge in [0.1, 0.15) is 5.75 Å². The number of aliphatic hydroxyl groups is 1. The molecule has 1 rings (SSSR count). The van der Waals surface area contributed by atoms with Crippen LogP contribution in [0.5, 0.6) is 5.75 Å². The lowest BCUT2D eigenvalue weighted by Crippen LogP contribution is -2.01.